The normalized spacial score (nSPS) is 10.6. The highest BCUT2D eigenvalue weighted by Gasteiger charge is 2.14. The van der Waals surface area contributed by atoms with Crippen LogP contribution in [0.25, 0.3) is 0 Å². The van der Waals surface area contributed by atoms with Crippen LogP contribution in [0.15, 0.2) is 18.2 Å². The fourth-order valence-corrected chi connectivity index (χ4v) is 3.04. The number of thioether (sulfide) groups is 2. The van der Waals surface area contributed by atoms with E-state index in [0.717, 1.165) is 18.0 Å². The summed E-state index contributed by atoms with van der Waals surface area (Å²) >= 11 is 2.46. The Morgan fingerprint density at radius 3 is 1.95 bits per heavy atom. The lowest BCUT2D eigenvalue weighted by Crippen LogP contribution is -2.17. The van der Waals surface area contributed by atoms with Gasteiger partial charge in [0.2, 0.25) is 22.9 Å². The number of amides is 1. The van der Waals surface area contributed by atoms with Crippen molar-refractivity contribution in [1.82, 2.24) is 0 Å². The van der Waals surface area contributed by atoms with Gasteiger partial charge in [0, 0.05) is 23.2 Å². The summed E-state index contributed by atoms with van der Waals surface area (Å²) in [5.41, 5.74) is 1.01. The molecule has 1 aromatic carbocycles. The van der Waals surface area contributed by atoms with Crippen molar-refractivity contribution in [2.75, 3.05) is 76.6 Å². The van der Waals surface area contributed by atoms with Crippen molar-refractivity contribution in [3.63, 3.8) is 0 Å². The van der Waals surface area contributed by atoms with Gasteiger partial charge < -0.3 is 38.5 Å². The Hall–Kier alpha value is -2.49. The molecular formula is C24H36N4O8S2. The second-order valence-electron chi connectivity index (χ2n) is 7.30. The smallest absolute Gasteiger partial charge is 0.249 e. The van der Waals surface area contributed by atoms with E-state index in [1.807, 2.05) is 6.26 Å². The van der Waals surface area contributed by atoms with E-state index in [1.165, 1.54) is 23.9 Å². The third kappa shape index (κ3) is 15.7. The van der Waals surface area contributed by atoms with Crippen LogP contribution in [0.2, 0.25) is 0 Å². The minimum absolute atomic E-state index is 0.0955. The molecule has 0 aliphatic rings. The maximum absolute atomic E-state index is 12.4. The average Bonchev–Trinajstić information content (AvgIpc) is 2.91. The molecule has 0 spiro atoms. The van der Waals surface area contributed by atoms with E-state index in [-0.39, 0.29) is 47.5 Å². The Kier molecular flexibility index (Phi) is 18.9. The van der Waals surface area contributed by atoms with Crippen molar-refractivity contribution in [3.05, 3.63) is 29.3 Å². The summed E-state index contributed by atoms with van der Waals surface area (Å²) in [5, 5.41) is 26.5. The minimum Gasteiger partial charge on any atom is -0.467 e. The third-order valence-electron chi connectivity index (χ3n) is 4.41. The number of benzene rings is 1. The molecule has 0 fully saturated rings. The summed E-state index contributed by atoms with van der Waals surface area (Å²) in [6.45, 7) is 2.95. The van der Waals surface area contributed by atoms with Gasteiger partial charge in [0.05, 0.1) is 59.3 Å². The van der Waals surface area contributed by atoms with Gasteiger partial charge in [0.25, 0.3) is 0 Å². The highest BCUT2D eigenvalue weighted by atomic mass is 32.2. The molecule has 0 aromatic heterocycles. The Balaban J connectivity index is 2.40. The zero-order valence-corrected chi connectivity index (χ0v) is 23.3. The SMILES string of the molecule is CSCOC(=N)c1cc(NC(=O)CCOCCOCCOCCOCCC=O)cc(C(=N)OC(=N)SC)c1. The van der Waals surface area contributed by atoms with E-state index in [4.69, 9.17) is 44.6 Å². The zero-order chi connectivity index (χ0) is 28.0. The summed E-state index contributed by atoms with van der Waals surface area (Å²) in [6.07, 6.45) is 4.78. The molecule has 0 unspecified atom stereocenters. The average molecular weight is 573 g/mol. The van der Waals surface area contributed by atoms with Crippen LogP contribution in [0, 0.1) is 16.2 Å². The van der Waals surface area contributed by atoms with Gasteiger partial charge in [-0.2, -0.15) is 0 Å². The first-order valence-corrected chi connectivity index (χ1v) is 14.3. The zero-order valence-electron chi connectivity index (χ0n) is 21.7. The number of rotatable bonds is 20. The quantitative estimate of drug-likeness (QED) is 0.0598. The van der Waals surface area contributed by atoms with E-state index >= 15 is 0 Å². The summed E-state index contributed by atoms with van der Waals surface area (Å²) in [6, 6.07) is 4.64. The predicted octanol–water partition coefficient (Wildman–Crippen LogP) is 2.97. The number of ether oxygens (including phenoxy) is 6. The lowest BCUT2D eigenvalue weighted by atomic mass is 10.1. The van der Waals surface area contributed by atoms with Crippen LogP contribution in [0.3, 0.4) is 0 Å². The number of nitrogens with one attached hydrogen (secondary N) is 4. The van der Waals surface area contributed by atoms with Gasteiger partial charge in [-0.05, 0) is 30.7 Å². The van der Waals surface area contributed by atoms with Gasteiger partial charge >= 0.3 is 0 Å². The fourth-order valence-electron chi connectivity index (χ4n) is 2.64. The van der Waals surface area contributed by atoms with Crippen molar-refractivity contribution in [2.24, 2.45) is 0 Å². The van der Waals surface area contributed by atoms with E-state index in [2.05, 4.69) is 5.32 Å². The largest absolute Gasteiger partial charge is 0.467 e. The molecule has 0 atom stereocenters. The Morgan fingerprint density at radius 2 is 1.39 bits per heavy atom. The molecule has 0 saturated carbocycles. The molecule has 1 rings (SSSR count). The summed E-state index contributed by atoms with van der Waals surface area (Å²) in [7, 11) is 0. The van der Waals surface area contributed by atoms with Crippen LogP contribution in [0.4, 0.5) is 5.69 Å². The molecule has 1 aromatic rings. The Labute approximate surface area is 231 Å². The summed E-state index contributed by atoms with van der Waals surface area (Å²) in [4.78, 5) is 22.6. The first-order valence-electron chi connectivity index (χ1n) is 11.7. The van der Waals surface area contributed by atoms with E-state index in [9.17, 15) is 9.59 Å². The van der Waals surface area contributed by atoms with Crippen molar-refractivity contribution >= 4 is 58.4 Å². The first-order chi connectivity index (χ1) is 18.4. The lowest BCUT2D eigenvalue weighted by Gasteiger charge is -2.13. The van der Waals surface area contributed by atoms with Crippen LogP contribution in [-0.2, 0) is 38.0 Å². The van der Waals surface area contributed by atoms with Gasteiger partial charge in [-0.1, -0.05) is 11.8 Å². The molecule has 212 valence electrons. The number of anilines is 1. The van der Waals surface area contributed by atoms with Gasteiger partial charge in [0.1, 0.15) is 12.2 Å². The standard InChI is InChI=1S/C24H36N4O8S2/c1-37-17-35-22(25)18-14-19(23(26)36-24(27)38-2)16-20(15-18)28-21(30)4-7-32-9-11-34-13-12-33-10-8-31-6-3-5-29/h5,14-16,25-27H,3-4,6-13,17H2,1-2H3,(H,28,30). The van der Waals surface area contributed by atoms with E-state index < -0.39 is 0 Å². The Morgan fingerprint density at radius 1 is 0.842 bits per heavy atom. The van der Waals surface area contributed by atoms with Crippen LogP contribution >= 0.6 is 23.5 Å². The summed E-state index contributed by atoms with van der Waals surface area (Å²) < 4.78 is 31.9. The fraction of sp³-hybridized carbons (Fsp3) is 0.542. The van der Waals surface area contributed by atoms with Crippen molar-refractivity contribution < 1.29 is 38.0 Å². The van der Waals surface area contributed by atoms with Gasteiger partial charge in [-0.3, -0.25) is 21.0 Å². The Bertz CT molecular complexity index is 904. The molecule has 4 N–H and O–H groups in total. The van der Waals surface area contributed by atoms with E-state index in [1.54, 1.807) is 12.3 Å². The van der Waals surface area contributed by atoms with Crippen molar-refractivity contribution in [3.8, 4) is 0 Å². The number of aldehydes is 1. The van der Waals surface area contributed by atoms with E-state index in [0.29, 0.717) is 63.9 Å². The maximum Gasteiger partial charge on any atom is 0.249 e. The molecule has 0 radical (unpaired) electrons. The third-order valence-corrected chi connectivity index (χ3v) is 5.22. The maximum atomic E-state index is 12.4. The molecule has 14 heteroatoms. The number of hydrogen-bond acceptors (Lipinski definition) is 13. The van der Waals surface area contributed by atoms with Gasteiger partial charge in [-0.15, -0.1) is 11.8 Å². The number of carbonyl (C=O) groups is 2. The lowest BCUT2D eigenvalue weighted by molar-refractivity contribution is -0.117. The van der Waals surface area contributed by atoms with Crippen LogP contribution in [-0.4, -0.2) is 101 Å². The van der Waals surface area contributed by atoms with Crippen LogP contribution < -0.4 is 5.32 Å². The second-order valence-corrected chi connectivity index (χ2v) is 8.90. The predicted molar refractivity (Wildman–Crippen MR) is 149 cm³/mol. The molecule has 1 amide bonds. The molecule has 0 aliphatic heterocycles. The molecule has 0 bridgehead atoms. The molecule has 38 heavy (non-hydrogen) atoms. The number of carbonyl (C=O) groups excluding carboxylic acids is 2. The second kappa shape index (κ2) is 21.4. The molecule has 0 saturated heterocycles. The van der Waals surface area contributed by atoms with Gasteiger partial charge in [0.15, 0.2) is 0 Å². The topological polar surface area (TPSA) is 173 Å². The number of hydrogen-bond donors (Lipinski definition) is 4. The molecule has 0 aliphatic carbocycles. The van der Waals surface area contributed by atoms with Crippen molar-refractivity contribution in [2.45, 2.75) is 12.8 Å². The molecule has 12 nitrogen and oxygen atoms in total. The first kappa shape index (κ1) is 33.5. The minimum atomic E-state index is -0.307. The summed E-state index contributed by atoms with van der Waals surface area (Å²) in [5.74, 6) is -0.418. The van der Waals surface area contributed by atoms with Crippen LogP contribution in [0.1, 0.15) is 24.0 Å². The van der Waals surface area contributed by atoms with Gasteiger partial charge in [-0.25, -0.2) is 0 Å². The van der Waals surface area contributed by atoms with Crippen molar-refractivity contribution in [1.29, 1.82) is 16.2 Å². The highest BCUT2D eigenvalue weighted by Crippen LogP contribution is 2.18. The molecular weight excluding hydrogens is 536 g/mol. The monoisotopic (exact) mass is 572 g/mol. The highest BCUT2D eigenvalue weighted by molar-refractivity contribution is 8.12. The van der Waals surface area contributed by atoms with Crippen LogP contribution in [0.5, 0.6) is 0 Å². The molecule has 0 heterocycles.